The van der Waals surface area contributed by atoms with Gasteiger partial charge in [-0.2, -0.15) is 0 Å². The van der Waals surface area contributed by atoms with Gasteiger partial charge in [0.25, 0.3) is 0 Å². The summed E-state index contributed by atoms with van der Waals surface area (Å²) in [6.07, 6.45) is -0.783. The molecule has 8 heteroatoms. The van der Waals surface area contributed by atoms with E-state index in [0.717, 1.165) is 0 Å². The first-order chi connectivity index (χ1) is 12.9. The van der Waals surface area contributed by atoms with Crippen LogP contribution in [0.2, 0.25) is 18.1 Å². The second-order valence-corrected chi connectivity index (χ2v) is 16.1. The number of rotatable bonds is 5. The minimum atomic E-state index is -3.74. The molecule has 0 N–H and O–H groups in total. The highest BCUT2D eigenvalue weighted by Crippen LogP contribution is 2.48. The fourth-order valence-electron chi connectivity index (χ4n) is 3.61. The molecule has 0 spiro atoms. The Hall–Kier alpha value is -1.22. The highest BCUT2D eigenvalue weighted by Gasteiger charge is 2.63. The third-order valence-electron chi connectivity index (χ3n) is 6.35. The number of ether oxygens (including phenoxy) is 2. The molecule has 1 aliphatic heterocycles. The Kier molecular flexibility index (Phi) is 5.55. The Labute approximate surface area is 168 Å². The molecule has 156 valence electrons. The maximum absolute atomic E-state index is 13.4. The number of esters is 1. The molecule has 0 unspecified atom stereocenters. The van der Waals surface area contributed by atoms with Crippen LogP contribution >= 0.6 is 0 Å². The summed E-state index contributed by atoms with van der Waals surface area (Å²) in [7, 11) is -4.71. The first kappa shape index (κ1) is 21.5. The Bertz CT molecular complexity index is 830. The minimum absolute atomic E-state index is 0.0801. The maximum Gasteiger partial charge on any atom is 0.312 e. The molecule has 1 aromatic rings. The molecule has 2 fully saturated rings. The smallest absolute Gasteiger partial charge is 0.312 e. The topological polar surface area (TPSA) is 82.2 Å². The lowest BCUT2D eigenvalue weighted by molar-refractivity contribution is -0.150. The Balaban J connectivity index is 2.01. The number of methoxy groups -OCH3 is 1. The molecule has 0 aromatic heterocycles. The summed E-state index contributed by atoms with van der Waals surface area (Å²) < 4.78 is 44.1. The summed E-state index contributed by atoms with van der Waals surface area (Å²) in [6.45, 7) is 10.5. The SMILES string of the molecule is COC(=O)[C@@H]1[C@H](O[Si](C)(C)C(C)(C)C)[C@H]2O[C@H]2C[C@H]1S(=O)(=O)c1ccccc1. The molecule has 1 saturated heterocycles. The van der Waals surface area contributed by atoms with Gasteiger partial charge >= 0.3 is 5.97 Å². The van der Waals surface area contributed by atoms with Crippen LogP contribution in [-0.4, -0.2) is 53.4 Å². The summed E-state index contributed by atoms with van der Waals surface area (Å²) in [5.74, 6) is -1.46. The number of carbonyl (C=O) groups is 1. The van der Waals surface area contributed by atoms with E-state index < -0.39 is 41.4 Å². The van der Waals surface area contributed by atoms with Gasteiger partial charge in [0, 0.05) is 0 Å². The van der Waals surface area contributed by atoms with Crippen LogP contribution in [0.25, 0.3) is 0 Å². The van der Waals surface area contributed by atoms with Gasteiger partial charge in [-0.1, -0.05) is 39.0 Å². The van der Waals surface area contributed by atoms with Crippen molar-refractivity contribution in [2.45, 2.75) is 73.8 Å². The third kappa shape index (κ3) is 3.79. The van der Waals surface area contributed by atoms with Crippen LogP contribution in [0.5, 0.6) is 0 Å². The predicted octanol–water partition coefficient (Wildman–Crippen LogP) is 3.18. The zero-order chi connectivity index (χ0) is 20.9. The molecule has 1 aliphatic carbocycles. The van der Waals surface area contributed by atoms with Crippen LogP contribution in [0.1, 0.15) is 27.2 Å². The lowest BCUT2D eigenvalue weighted by Gasteiger charge is -2.43. The van der Waals surface area contributed by atoms with E-state index in [1.165, 1.54) is 7.11 Å². The van der Waals surface area contributed by atoms with Crippen LogP contribution in [0.3, 0.4) is 0 Å². The van der Waals surface area contributed by atoms with Gasteiger partial charge in [-0.15, -0.1) is 0 Å². The summed E-state index contributed by atoms with van der Waals surface area (Å²) in [4.78, 5) is 13.0. The average Bonchev–Trinajstić information content (AvgIpc) is 3.40. The van der Waals surface area contributed by atoms with Crippen LogP contribution < -0.4 is 0 Å². The number of sulfone groups is 1. The van der Waals surface area contributed by atoms with E-state index in [-0.39, 0.29) is 28.6 Å². The van der Waals surface area contributed by atoms with Gasteiger partial charge in [-0.25, -0.2) is 8.42 Å². The van der Waals surface area contributed by atoms with Crippen molar-refractivity contribution in [3.63, 3.8) is 0 Å². The zero-order valence-corrected chi connectivity index (χ0v) is 19.2. The van der Waals surface area contributed by atoms with E-state index >= 15 is 0 Å². The largest absolute Gasteiger partial charge is 0.469 e. The lowest BCUT2D eigenvalue weighted by Crippen LogP contribution is -2.55. The van der Waals surface area contributed by atoms with Crippen molar-refractivity contribution in [1.82, 2.24) is 0 Å². The van der Waals surface area contributed by atoms with Crippen LogP contribution in [0.4, 0.5) is 0 Å². The fourth-order valence-corrected chi connectivity index (χ4v) is 6.91. The molecule has 0 amide bonds. The number of hydrogen-bond acceptors (Lipinski definition) is 6. The highest BCUT2D eigenvalue weighted by molar-refractivity contribution is 7.92. The highest BCUT2D eigenvalue weighted by atomic mass is 32.2. The molecular weight excluding hydrogens is 396 g/mol. The summed E-state index contributed by atoms with van der Waals surface area (Å²) >= 11 is 0. The molecule has 3 rings (SSSR count). The van der Waals surface area contributed by atoms with E-state index in [2.05, 4.69) is 33.9 Å². The van der Waals surface area contributed by atoms with Crippen molar-refractivity contribution >= 4 is 24.1 Å². The van der Waals surface area contributed by atoms with Gasteiger partial charge in [0.05, 0.1) is 29.5 Å². The van der Waals surface area contributed by atoms with Crippen LogP contribution in [0, 0.1) is 5.92 Å². The van der Waals surface area contributed by atoms with Crippen LogP contribution in [-0.2, 0) is 28.5 Å². The van der Waals surface area contributed by atoms with Crippen molar-refractivity contribution < 1.29 is 27.1 Å². The van der Waals surface area contributed by atoms with Gasteiger partial charge in [0.1, 0.15) is 12.0 Å². The van der Waals surface area contributed by atoms with Gasteiger partial charge < -0.3 is 13.9 Å². The molecule has 0 bridgehead atoms. The molecular formula is C20H30O6SSi. The van der Waals surface area contributed by atoms with Gasteiger partial charge in [0.2, 0.25) is 0 Å². The monoisotopic (exact) mass is 426 g/mol. The second-order valence-electron chi connectivity index (χ2n) is 9.16. The summed E-state index contributed by atoms with van der Waals surface area (Å²) in [5.41, 5.74) is 0. The molecule has 1 aromatic carbocycles. The van der Waals surface area contributed by atoms with Gasteiger partial charge in [-0.3, -0.25) is 4.79 Å². The maximum atomic E-state index is 13.4. The lowest BCUT2D eigenvalue weighted by atomic mass is 9.86. The molecule has 1 heterocycles. The van der Waals surface area contributed by atoms with Crippen molar-refractivity contribution in [2.24, 2.45) is 5.92 Å². The number of carbonyl (C=O) groups excluding carboxylic acids is 1. The fraction of sp³-hybridized carbons (Fsp3) is 0.650. The van der Waals surface area contributed by atoms with Crippen molar-refractivity contribution in [3.05, 3.63) is 30.3 Å². The third-order valence-corrected chi connectivity index (χ3v) is 13.0. The van der Waals surface area contributed by atoms with Crippen LogP contribution in [0.15, 0.2) is 35.2 Å². The van der Waals surface area contributed by atoms with Gasteiger partial charge in [0.15, 0.2) is 18.2 Å². The standard InChI is InChI=1S/C20H30O6SSi/c1-20(2,3)28(5,6)26-18-16(19(21)24-4)15(12-14-17(18)25-14)27(22,23)13-10-8-7-9-11-13/h7-11,14-18H,12H2,1-6H3/t14-,15+,16-,17-,18-/m0/s1. The van der Waals surface area contributed by atoms with Crippen molar-refractivity contribution in [2.75, 3.05) is 7.11 Å². The van der Waals surface area contributed by atoms with E-state index in [0.29, 0.717) is 0 Å². The summed E-state index contributed by atoms with van der Waals surface area (Å²) in [5, 5.41) is -1.01. The van der Waals surface area contributed by atoms with Gasteiger partial charge in [-0.05, 0) is 36.7 Å². The predicted molar refractivity (Wildman–Crippen MR) is 108 cm³/mol. The molecule has 6 nitrogen and oxygen atoms in total. The zero-order valence-electron chi connectivity index (χ0n) is 17.3. The number of benzene rings is 1. The first-order valence-electron chi connectivity index (χ1n) is 9.60. The first-order valence-corrected chi connectivity index (χ1v) is 14.1. The quantitative estimate of drug-likeness (QED) is 0.409. The van der Waals surface area contributed by atoms with E-state index in [1.54, 1.807) is 30.3 Å². The Morgan fingerprint density at radius 3 is 2.32 bits per heavy atom. The number of hydrogen-bond donors (Lipinski definition) is 0. The normalized spacial score (nSPS) is 30.4. The second kappa shape index (κ2) is 7.23. The van der Waals surface area contributed by atoms with E-state index in [9.17, 15) is 13.2 Å². The average molecular weight is 427 g/mol. The molecule has 2 aliphatic rings. The summed E-state index contributed by atoms with van der Waals surface area (Å²) in [6, 6.07) is 8.26. The van der Waals surface area contributed by atoms with E-state index in [1.807, 2.05) is 0 Å². The molecule has 1 saturated carbocycles. The van der Waals surface area contributed by atoms with Crippen molar-refractivity contribution in [1.29, 1.82) is 0 Å². The minimum Gasteiger partial charge on any atom is -0.469 e. The molecule has 28 heavy (non-hydrogen) atoms. The van der Waals surface area contributed by atoms with E-state index in [4.69, 9.17) is 13.9 Å². The van der Waals surface area contributed by atoms with Crippen molar-refractivity contribution in [3.8, 4) is 0 Å². The Morgan fingerprint density at radius 2 is 1.79 bits per heavy atom. The molecule has 0 radical (unpaired) electrons. The number of fused-ring (bicyclic) bond motifs is 1. The Morgan fingerprint density at radius 1 is 1.18 bits per heavy atom. The molecule has 5 atom stereocenters. The number of epoxide rings is 1.